The number of halogens is 2. The van der Waals surface area contributed by atoms with Gasteiger partial charge in [0.25, 0.3) is 0 Å². The second-order valence-corrected chi connectivity index (χ2v) is 8.04. The van der Waals surface area contributed by atoms with Crippen LogP contribution in [0.1, 0.15) is 37.5 Å². The van der Waals surface area contributed by atoms with Crippen molar-refractivity contribution in [2.45, 2.75) is 52.7 Å². The highest BCUT2D eigenvalue weighted by Gasteiger charge is 2.27. The quantitative estimate of drug-likeness (QED) is 0.699. The Balaban J connectivity index is 2.29. The number of hydrogen-bond acceptors (Lipinski definition) is 2. The van der Waals surface area contributed by atoms with Gasteiger partial charge in [-0.1, -0.05) is 53.5 Å². The Kier molecular flexibility index (Phi) is 7.90. The van der Waals surface area contributed by atoms with E-state index in [0.717, 1.165) is 11.1 Å². The van der Waals surface area contributed by atoms with Crippen LogP contribution in [0.3, 0.4) is 0 Å². The minimum atomic E-state index is -0.611. The number of carbonyl (C=O) groups is 2. The van der Waals surface area contributed by atoms with Crippen LogP contribution in [0.2, 0.25) is 10.0 Å². The zero-order valence-corrected chi connectivity index (χ0v) is 18.1. The lowest BCUT2D eigenvalue weighted by Crippen LogP contribution is -2.49. The van der Waals surface area contributed by atoms with Crippen LogP contribution < -0.4 is 5.32 Å². The summed E-state index contributed by atoms with van der Waals surface area (Å²) in [6.45, 7) is 7.88. The molecule has 0 heterocycles. The van der Waals surface area contributed by atoms with E-state index in [4.69, 9.17) is 23.2 Å². The number of amides is 2. The van der Waals surface area contributed by atoms with Gasteiger partial charge in [0.05, 0.1) is 6.42 Å². The fraction of sp³-hybridized carbons (Fsp3) is 0.364. The molecule has 0 saturated carbocycles. The molecule has 0 saturated heterocycles. The molecule has 1 atom stereocenters. The van der Waals surface area contributed by atoms with Crippen molar-refractivity contribution in [3.05, 3.63) is 69.2 Å². The van der Waals surface area contributed by atoms with Crippen molar-refractivity contribution in [2.24, 2.45) is 0 Å². The van der Waals surface area contributed by atoms with Crippen molar-refractivity contribution in [1.29, 1.82) is 0 Å². The Morgan fingerprint density at radius 3 is 2.32 bits per heavy atom. The van der Waals surface area contributed by atoms with Gasteiger partial charge in [0.1, 0.15) is 6.04 Å². The molecule has 0 aliphatic carbocycles. The monoisotopic (exact) mass is 420 g/mol. The van der Waals surface area contributed by atoms with Gasteiger partial charge in [0.15, 0.2) is 0 Å². The standard InChI is InChI=1S/C22H26Cl2N2O2/c1-14(2)25-22(28)16(4)26(13-18-8-6-5-7-15(18)3)21(27)11-17-9-10-19(23)12-20(17)24/h5-10,12,14,16H,11,13H2,1-4H3,(H,25,28). The van der Waals surface area contributed by atoms with Gasteiger partial charge in [-0.05, 0) is 56.5 Å². The molecule has 2 amide bonds. The Bertz CT molecular complexity index is 852. The third-order valence-corrected chi connectivity index (χ3v) is 5.14. The SMILES string of the molecule is Cc1ccccc1CN(C(=O)Cc1ccc(Cl)cc1Cl)C(C)C(=O)NC(C)C. The molecule has 2 aromatic carbocycles. The Morgan fingerprint density at radius 1 is 1.04 bits per heavy atom. The fourth-order valence-corrected chi connectivity index (χ4v) is 3.36. The van der Waals surface area contributed by atoms with Crippen molar-refractivity contribution < 1.29 is 9.59 Å². The van der Waals surface area contributed by atoms with Crippen LogP contribution in [0.4, 0.5) is 0 Å². The summed E-state index contributed by atoms with van der Waals surface area (Å²) in [7, 11) is 0. The van der Waals surface area contributed by atoms with Crippen LogP contribution in [-0.2, 0) is 22.6 Å². The number of hydrogen-bond donors (Lipinski definition) is 1. The summed E-state index contributed by atoms with van der Waals surface area (Å²) in [6, 6.07) is 12.3. The van der Waals surface area contributed by atoms with Crippen molar-refractivity contribution in [3.63, 3.8) is 0 Å². The maximum atomic E-state index is 13.2. The predicted molar refractivity (Wildman–Crippen MR) is 115 cm³/mol. The average molecular weight is 421 g/mol. The lowest BCUT2D eigenvalue weighted by Gasteiger charge is -2.30. The molecule has 1 N–H and O–H groups in total. The Hall–Kier alpha value is -2.04. The maximum Gasteiger partial charge on any atom is 0.242 e. The molecule has 0 aliphatic rings. The molecule has 0 spiro atoms. The van der Waals surface area contributed by atoms with Gasteiger partial charge in [0, 0.05) is 22.6 Å². The first-order valence-electron chi connectivity index (χ1n) is 9.27. The zero-order valence-electron chi connectivity index (χ0n) is 16.6. The second-order valence-electron chi connectivity index (χ2n) is 7.20. The molecule has 150 valence electrons. The highest BCUT2D eigenvalue weighted by Crippen LogP contribution is 2.23. The Morgan fingerprint density at radius 2 is 1.71 bits per heavy atom. The molecule has 28 heavy (non-hydrogen) atoms. The largest absolute Gasteiger partial charge is 0.352 e. The molecular formula is C22H26Cl2N2O2. The second kappa shape index (κ2) is 9.94. The van der Waals surface area contributed by atoms with Gasteiger partial charge in [-0.3, -0.25) is 9.59 Å². The van der Waals surface area contributed by atoms with Crippen LogP contribution in [0, 0.1) is 6.92 Å². The first-order valence-corrected chi connectivity index (χ1v) is 10.0. The van der Waals surface area contributed by atoms with E-state index in [1.807, 2.05) is 45.0 Å². The van der Waals surface area contributed by atoms with E-state index in [1.54, 1.807) is 30.0 Å². The zero-order chi connectivity index (χ0) is 20.8. The number of rotatable bonds is 7. The topological polar surface area (TPSA) is 49.4 Å². The van der Waals surface area contributed by atoms with Crippen molar-refractivity contribution in [1.82, 2.24) is 10.2 Å². The fourth-order valence-electron chi connectivity index (χ4n) is 2.89. The first kappa shape index (κ1) is 22.3. The number of carbonyl (C=O) groups excluding carboxylic acids is 2. The summed E-state index contributed by atoms with van der Waals surface area (Å²) in [5.74, 6) is -0.349. The molecule has 0 fully saturated rings. The maximum absolute atomic E-state index is 13.2. The van der Waals surface area contributed by atoms with Gasteiger partial charge in [0.2, 0.25) is 11.8 Å². The number of nitrogens with zero attached hydrogens (tertiary/aromatic N) is 1. The molecule has 4 nitrogen and oxygen atoms in total. The summed E-state index contributed by atoms with van der Waals surface area (Å²) in [4.78, 5) is 27.3. The van der Waals surface area contributed by atoms with Crippen LogP contribution in [0.5, 0.6) is 0 Å². The van der Waals surface area contributed by atoms with Crippen molar-refractivity contribution in [3.8, 4) is 0 Å². The van der Waals surface area contributed by atoms with E-state index in [-0.39, 0.29) is 24.3 Å². The van der Waals surface area contributed by atoms with Gasteiger partial charge in [-0.15, -0.1) is 0 Å². The van der Waals surface area contributed by atoms with E-state index < -0.39 is 6.04 Å². The Labute approximate surface area is 176 Å². The van der Waals surface area contributed by atoms with Crippen LogP contribution in [-0.4, -0.2) is 28.8 Å². The molecule has 1 unspecified atom stereocenters. The van der Waals surface area contributed by atoms with Gasteiger partial charge in [-0.2, -0.15) is 0 Å². The lowest BCUT2D eigenvalue weighted by molar-refractivity contribution is -0.140. The summed E-state index contributed by atoms with van der Waals surface area (Å²) >= 11 is 12.2. The third-order valence-electron chi connectivity index (χ3n) is 4.56. The average Bonchev–Trinajstić information content (AvgIpc) is 2.62. The van der Waals surface area contributed by atoms with E-state index >= 15 is 0 Å². The van der Waals surface area contributed by atoms with Crippen molar-refractivity contribution >= 4 is 35.0 Å². The third kappa shape index (κ3) is 5.98. The van der Waals surface area contributed by atoms with Gasteiger partial charge in [-0.25, -0.2) is 0 Å². The van der Waals surface area contributed by atoms with Crippen LogP contribution in [0.15, 0.2) is 42.5 Å². The minimum absolute atomic E-state index is 0.00364. The minimum Gasteiger partial charge on any atom is -0.352 e. The molecule has 0 radical (unpaired) electrons. The van der Waals surface area contributed by atoms with Crippen LogP contribution in [0.25, 0.3) is 0 Å². The van der Waals surface area contributed by atoms with E-state index in [9.17, 15) is 9.59 Å². The smallest absolute Gasteiger partial charge is 0.242 e. The number of aryl methyl sites for hydroxylation is 1. The highest BCUT2D eigenvalue weighted by molar-refractivity contribution is 6.35. The molecule has 2 aromatic rings. The molecule has 6 heteroatoms. The first-order chi connectivity index (χ1) is 13.2. The molecule has 0 aromatic heterocycles. The summed E-state index contributed by atoms with van der Waals surface area (Å²) in [5.41, 5.74) is 2.76. The van der Waals surface area contributed by atoms with Crippen molar-refractivity contribution in [2.75, 3.05) is 0 Å². The number of nitrogens with one attached hydrogen (secondary N) is 1. The molecular weight excluding hydrogens is 395 g/mol. The van der Waals surface area contributed by atoms with Gasteiger partial charge >= 0.3 is 0 Å². The van der Waals surface area contributed by atoms with Crippen LogP contribution >= 0.6 is 23.2 Å². The predicted octanol–water partition coefficient (Wildman–Crippen LogP) is 4.79. The van der Waals surface area contributed by atoms with E-state index in [0.29, 0.717) is 22.2 Å². The molecule has 0 aliphatic heterocycles. The lowest BCUT2D eigenvalue weighted by atomic mass is 10.1. The number of benzene rings is 2. The van der Waals surface area contributed by atoms with E-state index in [2.05, 4.69) is 5.32 Å². The van der Waals surface area contributed by atoms with E-state index in [1.165, 1.54) is 0 Å². The van der Waals surface area contributed by atoms with Gasteiger partial charge < -0.3 is 10.2 Å². The summed E-state index contributed by atoms with van der Waals surface area (Å²) < 4.78 is 0. The summed E-state index contributed by atoms with van der Waals surface area (Å²) in [6.07, 6.45) is 0.0984. The summed E-state index contributed by atoms with van der Waals surface area (Å²) in [5, 5.41) is 3.84. The normalized spacial score (nSPS) is 12.0. The molecule has 0 bridgehead atoms. The highest BCUT2D eigenvalue weighted by atomic mass is 35.5. The molecule has 2 rings (SSSR count).